The van der Waals surface area contributed by atoms with E-state index in [0.29, 0.717) is 12.3 Å². The molecule has 0 amide bonds. The predicted octanol–water partition coefficient (Wildman–Crippen LogP) is 1.53. The van der Waals surface area contributed by atoms with E-state index in [1.54, 1.807) is 0 Å². The van der Waals surface area contributed by atoms with Crippen LogP contribution >= 0.6 is 0 Å². The first kappa shape index (κ1) is 11.9. The molecule has 0 saturated carbocycles. The Morgan fingerprint density at radius 3 is 3.00 bits per heavy atom. The normalized spacial score (nSPS) is 13.1. The number of aliphatic imine (C=N–C) groups is 1. The van der Waals surface area contributed by atoms with Crippen molar-refractivity contribution in [2.24, 2.45) is 4.99 Å². The molecule has 0 atom stereocenters. The first-order valence-electron chi connectivity index (χ1n) is 5.86. The summed E-state index contributed by atoms with van der Waals surface area (Å²) in [5.41, 5.74) is 8.94. The van der Waals surface area contributed by atoms with Gasteiger partial charge in [0, 0.05) is 12.8 Å². The lowest BCUT2D eigenvalue weighted by Gasteiger charge is -2.12. The monoisotopic (exact) mass is 233 g/mol. The molecule has 2 rings (SSSR count). The lowest BCUT2D eigenvalue weighted by molar-refractivity contribution is 0.282. The van der Waals surface area contributed by atoms with Crippen LogP contribution in [-0.4, -0.2) is 38.4 Å². The Hall–Kier alpha value is -1.55. The molecule has 1 heterocycles. The van der Waals surface area contributed by atoms with Crippen LogP contribution in [0.2, 0.25) is 0 Å². The average Bonchev–Trinajstić information content (AvgIpc) is 2.71. The van der Waals surface area contributed by atoms with E-state index in [4.69, 9.17) is 10.5 Å². The van der Waals surface area contributed by atoms with E-state index in [0.717, 1.165) is 30.8 Å². The van der Waals surface area contributed by atoms with E-state index in [2.05, 4.69) is 24.0 Å². The number of nitrogen functional groups attached to an aromatic ring is 1. The quantitative estimate of drug-likeness (QED) is 0.620. The molecular formula is C13H19N3O. The molecular weight excluding hydrogens is 214 g/mol. The Morgan fingerprint density at radius 1 is 1.41 bits per heavy atom. The van der Waals surface area contributed by atoms with Gasteiger partial charge in [-0.25, -0.2) is 0 Å². The lowest BCUT2D eigenvalue weighted by atomic mass is 10.1. The van der Waals surface area contributed by atoms with Gasteiger partial charge in [0.15, 0.2) is 0 Å². The van der Waals surface area contributed by atoms with Gasteiger partial charge in [-0.15, -0.1) is 0 Å². The van der Waals surface area contributed by atoms with Crippen LogP contribution in [0, 0.1) is 0 Å². The SMILES string of the molecule is CN(C)CCCOc1cc2c(cc1N)C=NC2. The summed E-state index contributed by atoms with van der Waals surface area (Å²) in [5.74, 6) is 0.785. The van der Waals surface area contributed by atoms with E-state index >= 15 is 0 Å². The Morgan fingerprint density at radius 2 is 2.24 bits per heavy atom. The summed E-state index contributed by atoms with van der Waals surface area (Å²) in [6.07, 6.45) is 2.86. The number of fused-ring (bicyclic) bond motifs is 1. The van der Waals surface area contributed by atoms with Crippen molar-refractivity contribution in [2.75, 3.05) is 33.0 Å². The Kier molecular flexibility index (Phi) is 3.64. The molecule has 0 spiro atoms. The van der Waals surface area contributed by atoms with Crippen LogP contribution in [0.4, 0.5) is 5.69 Å². The molecule has 2 N–H and O–H groups in total. The van der Waals surface area contributed by atoms with Gasteiger partial charge < -0.3 is 15.4 Å². The highest BCUT2D eigenvalue weighted by Crippen LogP contribution is 2.28. The molecule has 0 bridgehead atoms. The molecule has 1 aliphatic rings. The highest BCUT2D eigenvalue weighted by atomic mass is 16.5. The highest BCUT2D eigenvalue weighted by molar-refractivity contribution is 5.86. The number of rotatable bonds is 5. The van der Waals surface area contributed by atoms with Gasteiger partial charge in [0.25, 0.3) is 0 Å². The summed E-state index contributed by atoms with van der Waals surface area (Å²) >= 11 is 0. The Bertz CT molecular complexity index is 427. The zero-order valence-electron chi connectivity index (χ0n) is 10.4. The van der Waals surface area contributed by atoms with Gasteiger partial charge in [0.1, 0.15) is 5.75 Å². The third kappa shape index (κ3) is 2.97. The average molecular weight is 233 g/mol. The zero-order valence-corrected chi connectivity index (χ0v) is 10.4. The van der Waals surface area contributed by atoms with Crippen molar-refractivity contribution < 1.29 is 4.74 Å². The number of hydrogen-bond donors (Lipinski definition) is 1. The van der Waals surface area contributed by atoms with Crippen molar-refractivity contribution in [3.8, 4) is 5.75 Å². The standard InChI is InChI=1S/C13H19N3O/c1-16(2)4-3-5-17-13-7-11-9-15-8-10(11)6-12(13)14/h6-8H,3-5,9,14H2,1-2H3. The summed E-state index contributed by atoms with van der Waals surface area (Å²) in [6.45, 7) is 2.46. The first-order chi connectivity index (χ1) is 8.16. The van der Waals surface area contributed by atoms with E-state index in [1.165, 1.54) is 5.56 Å². The third-order valence-corrected chi connectivity index (χ3v) is 2.77. The third-order valence-electron chi connectivity index (χ3n) is 2.77. The molecule has 4 heteroatoms. The maximum Gasteiger partial charge on any atom is 0.142 e. The van der Waals surface area contributed by atoms with E-state index in [-0.39, 0.29) is 0 Å². The lowest BCUT2D eigenvalue weighted by Crippen LogP contribution is -2.15. The van der Waals surface area contributed by atoms with Crippen LogP contribution in [0.1, 0.15) is 17.5 Å². The summed E-state index contributed by atoms with van der Waals surface area (Å²) < 4.78 is 5.71. The fourth-order valence-electron chi connectivity index (χ4n) is 1.84. The van der Waals surface area contributed by atoms with Gasteiger partial charge >= 0.3 is 0 Å². The van der Waals surface area contributed by atoms with Crippen molar-refractivity contribution >= 4 is 11.9 Å². The van der Waals surface area contributed by atoms with Crippen molar-refractivity contribution in [1.29, 1.82) is 0 Å². The molecule has 0 aliphatic carbocycles. The van der Waals surface area contributed by atoms with Crippen LogP contribution in [0.15, 0.2) is 17.1 Å². The zero-order chi connectivity index (χ0) is 12.3. The minimum atomic E-state index is 0.696. The van der Waals surface area contributed by atoms with Crippen LogP contribution in [0.3, 0.4) is 0 Å². The minimum Gasteiger partial charge on any atom is -0.491 e. The Balaban J connectivity index is 1.93. The number of anilines is 1. The molecule has 1 aliphatic heterocycles. The van der Waals surface area contributed by atoms with Gasteiger partial charge in [-0.05, 0) is 43.8 Å². The van der Waals surface area contributed by atoms with Gasteiger partial charge in [-0.3, -0.25) is 4.99 Å². The molecule has 0 aromatic heterocycles. The van der Waals surface area contributed by atoms with Crippen LogP contribution in [0.25, 0.3) is 0 Å². The van der Waals surface area contributed by atoms with Gasteiger partial charge in [-0.1, -0.05) is 0 Å². The molecule has 4 nitrogen and oxygen atoms in total. The molecule has 0 unspecified atom stereocenters. The fraction of sp³-hybridized carbons (Fsp3) is 0.462. The van der Waals surface area contributed by atoms with Crippen LogP contribution in [0.5, 0.6) is 5.75 Å². The molecule has 0 radical (unpaired) electrons. The molecule has 0 fully saturated rings. The van der Waals surface area contributed by atoms with E-state index in [1.807, 2.05) is 18.3 Å². The second kappa shape index (κ2) is 5.19. The Labute approximate surface area is 102 Å². The number of ether oxygens (including phenoxy) is 1. The van der Waals surface area contributed by atoms with Crippen molar-refractivity contribution in [3.63, 3.8) is 0 Å². The topological polar surface area (TPSA) is 50.9 Å². The number of hydrogen-bond acceptors (Lipinski definition) is 4. The maximum absolute atomic E-state index is 5.94. The van der Waals surface area contributed by atoms with Gasteiger partial charge in [0.2, 0.25) is 0 Å². The minimum absolute atomic E-state index is 0.696. The van der Waals surface area contributed by atoms with E-state index < -0.39 is 0 Å². The van der Waals surface area contributed by atoms with Crippen LogP contribution < -0.4 is 10.5 Å². The first-order valence-corrected chi connectivity index (χ1v) is 5.86. The van der Waals surface area contributed by atoms with Gasteiger partial charge in [-0.2, -0.15) is 0 Å². The number of benzene rings is 1. The number of nitrogens with two attached hydrogens (primary N) is 1. The smallest absolute Gasteiger partial charge is 0.142 e. The molecule has 1 aromatic rings. The molecule has 17 heavy (non-hydrogen) atoms. The molecule has 0 saturated heterocycles. The summed E-state index contributed by atoms with van der Waals surface area (Å²) in [5, 5.41) is 0. The van der Waals surface area contributed by atoms with Crippen molar-refractivity contribution in [1.82, 2.24) is 4.90 Å². The second-order valence-electron chi connectivity index (χ2n) is 4.56. The molecule has 92 valence electrons. The summed E-state index contributed by atoms with van der Waals surface area (Å²) in [6, 6.07) is 3.94. The van der Waals surface area contributed by atoms with Gasteiger partial charge in [0.05, 0.1) is 18.8 Å². The largest absolute Gasteiger partial charge is 0.491 e. The number of nitrogens with zero attached hydrogens (tertiary/aromatic N) is 2. The van der Waals surface area contributed by atoms with E-state index in [9.17, 15) is 0 Å². The summed E-state index contributed by atoms with van der Waals surface area (Å²) in [7, 11) is 4.11. The van der Waals surface area contributed by atoms with Crippen molar-refractivity contribution in [2.45, 2.75) is 13.0 Å². The predicted molar refractivity (Wildman–Crippen MR) is 70.8 cm³/mol. The summed E-state index contributed by atoms with van der Waals surface area (Å²) in [4.78, 5) is 6.35. The van der Waals surface area contributed by atoms with Crippen molar-refractivity contribution in [3.05, 3.63) is 23.3 Å². The maximum atomic E-state index is 5.94. The second-order valence-corrected chi connectivity index (χ2v) is 4.56. The molecule has 1 aromatic carbocycles. The fourth-order valence-corrected chi connectivity index (χ4v) is 1.84. The highest BCUT2D eigenvalue weighted by Gasteiger charge is 2.10. The van der Waals surface area contributed by atoms with Crippen LogP contribution in [-0.2, 0) is 6.54 Å².